The van der Waals surface area contributed by atoms with Crippen molar-refractivity contribution in [3.63, 3.8) is 0 Å². The van der Waals surface area contributed by atoms with Crippen LogP contribution in [0.2, 0.25) is 0 Å². The van der Waals surface area contributed by atoms with Crippen molar-refractivity contribution in [3.8, 4) is 0 Å². The molecular weight excluding hydrogens is 126 g/mol. The molecule has 0 spiro atoms. The van der Waals surface area contributed by atoms with Crippen molar-refractivity contribution in [2.24, 2.45) is 16.5 Å². The lowest BCUT2D eigenvalue weighted by molar-refractivity contribution is 0.690. The lowest BCUT2D eigenvalue weighted by Crippen LogP contribution is -2.46. The molecule has 10 heavy (non-hydrogen) atoms. The zero-order chi connectivity index (χ0) is 8.78. The standard InChI is InChI=1S/C5H13N3.C2H4/c1-5(2,7)4(6)8-3;1-2/h7H2,1-3H3,(H2,6,8);1-2H2. The van der Waals surface area contributed by atoms with E-state index in [9.17, 15) is 0 Å². The molecule has 0 atom stereocenters. The molecule has 0 aliphatic rings. The number of aliphatic imine (C=N–C) groups is 1. The zero-order valence-electron chi connectivity index (χ0n) is 7.02. The second-order valence-corrected chi connectivity index (χ2v) is 2.33. The van der Waals surface area contributed by atoms with Gasteiger partial charge in [-0.2, -0.15) is 0 Å². The molecular formula is C7H17N3. The average Bonchev–Trinajstić information content (AvgIpc) is 1.89. The predicted octanol–water partition coefficient (Wildman–Crippen LogP) is 0.513. The molecule has 0 saturated carbocycles. The van der Waals surface area contributed by atoms with Crippen LogP contribution in [0.15, 0.2) is 18.2 Å². The maximum atomic E-state index is 5.53. The Morgan fingerprint density at radius 3 is 1.70 bits per heavy atom. The van der Waals surface area contributed by atoms with Crippen LogP contribution in [0.1, 0.15) is 13.8 Å². The van der Waals surface area contributed by atoms with E-state index in [1.165, 1.54) is 0 Å². The molecule has 0 fully saturated rings. The summed E-state index contributed by atoms with van der Waals surface area (Å²) in [6.07, 6.45) is 0. The predicted molar refractivity (Wildman–Crippen MR) is 47.1 cm³/mol. The summed E-state index contributed by atoms with van der Waals surface area (Å²) in [7, 11) is 1.63. The second-order valence-electron chi connectivity index (χ2n) is 2.33. The summed E-state index contributed by atoms with van der Waals surface area (Å²) in [5, 5.41) is 0. The van der Waals surface area contributed by atoms with E-state index in [2.05, 4.69) is 18.2 Å². The van der Waals surface area contributed by atoms with Gasteiger partial charge in [0.15, 0.2) is 0 Å². The van der Waals surface area contributed by atoms with Crippen molar-refractivity contribution in [2.75, 3.05) is 7.05 Å². The van der Waals surface area contributed by atoms with Crippen LogP contribution in [0.25, 0.3) is 0 Å². The van der Waals surface area contributed by atoms with Gasteiger partial charge < -0.3 is 11.5 Å². The summed E-state index contributed by atoms with van der Waals surface area (Å²) >= 11 is 0. The highest BCUT2D eigenvalue weighted by atomic mass is 14.9. The van der Waals surface area contributed by atoms with Gasteiger partial charge in [0.2, 0.25) is 0 Å². The SMILES string of the molecule is C=C.CN=C(N)C(C)(C)N. The van der Waals surface area contributed by atoms with Crippen molar-refractivity contribution >= 4 is 5.84 Å². The first kappa shape index (κ1) is 11.9. The van der Waals surface area contributed by atoms with Crippen LogP contribution in [-0.4, -0.2) is 18.4 Å². The third kappa shape index (κ3) is 5.31. The van der Waals surface area contributed by atoms with Gasteiger partial charge in [-0.1, -0.05) is 0 Å². The van der Waals surface area contributed by atoms with E-state index in [-0.39, 0.29) is 0 Å². The molecule has 0 amide bonds. The Balaban J connectivity index is 0. The monoisotopic (exact) mass is 143 g/mol. The molecule has 0 aliphatic heterocycles. The minimum Gasteiger partial charge on any atom is -0.386 e. The van der Waals surface area contributed by atoms with Crippen molar-refractivity contribution in [2.45, 2.75) is 19.4 Å². The van der Waals surface area contributed by atoms with Crippen LogP contribution in [0.4, 0.5) is 0 Å². The summed E-state index contributed by atoms with van der Waals surface area (Å²) in [6.45, 7) is 9.63. The normalized spacial score (nSPS) is 11.8. The number of nitrogens with zero attached hydrogens (tertiary/aromatic N) is 1. The summed E-state index contributed by atoms with van der Waals surface area (Å²) in [6, 6.07) is 0. The molecule has 0 radical (unpaired) electrons. The molecule has 0 unspecified atom stereocenters. The van der Waals surface area contributed by atoms with Gasteiger partial charge in [-0.3, -0.25) is 4.99 Å². The van der Waals surface area contributed by atoms with Gasteiger partial charge in [-0.15, -0.1) is 13.2 Å². The molecule has 0 rings (SSSR count). The van der Waals surface area contributed by atoms with E-state index in [1.54, 1.807) is 7.05 Å². The maximum Gasteiger partial charge on any atom is 0.113 e. The molecule has 0 aliphatic carbocycles. The fourth-order valence-electron chi connectivity index (χ4n) is 0.288. The number of amidine groups is 1. The Kier molecular flexibility index (Phi) is 5.95. The summed E-state index contributed by atoms with van der Waals surface area (Å²) in [5.41, 5.74) is 10.4. The molecule has 0 bridgehead atoms. The van der Waals surface area contributed by atoms with Crippen LogP contribution >= 0.6 is 0 Å². The molecule has 0 aromatic rings. The van der Waals surface area contributed by atoms with Crippen molar-refractivity contribution < 1.29 is 0 Å². The highest BCUT2D eigenvalue weighted by Crippen LogP contribution is 1.93. The van der Waals surface area contributed by atoms with E-state index in [1.807, 2.05) is 13.8 Å². The summed E-state index contributed by atoms with van der Waals surface area (Å²) < 4.78 is 0. The molecule has 4 N–H and O–H groups in total. The average molecular weight is 143 g/mol. The van der Waals surface area contributed by atoms with E-state index >= 15 is 0 Å². The van der Waals surface area contributed by atoms with Gasteiger partial charge in [0, 0.05) is 7.05 Å². The Bertz CT molecular complexity index is 111. The van der Waals surface area contributed by atoms with Crippen LogP contribution in [-0.2, 0) is 0 Å². The van der Waals surface area contributed by atoms with Gasteiger partial charge in [-0.05, 0) is 13.8 Å². The molecule has 3 nitrogen and oxygen atoms in total. The van der Waals surface area contributed by atoms with E-state index in [0.29, 0.717) is 5.84 Å². The third-order valence-electron chi connectivity index (χ3n) is 0.901. The fraction of sp³-hybridized carbons (Fsp3) is 0.571. The first-order chi connectivity index (χ1) is 4.48. The molecule has 0 aromatic carbocycles. The van der Waals surface area contributed by atoms with E-state index < -0.39 is 5.54 Å². The van der Waals surface area contributed by atoms with Crippen LogP contribution in [0, 0.1) is 0 Å². The first-order valence-electron chi connectivity index (χ1n) is 3.00. The Hall–Kier alpha value is -0.830. The molecule has 3 heteroatoms. The van der Waals surface area contributed by atoms with Gasteiger partial charge >= 0.3 is 0 Å². The molecule has 0 aromatic heterocycles. The highest BCUT2D eigenvalue weighted by molar-refractivity contribution is 5.88. The van der Waals surface area contributed by atoms with E-state index in [4.69, 9.17) is 11.5 Å². The van der Waals surface area contributed by atoms with Crippen LogP contribution in [0.3, 0.4) is 0 Å². The number of hydrogen-bond donors (Lipinski definition) is 2. The molecule has 0 saturated heterocycles. The van der Waals surface area contributed by atoms with Crippen molar-refractivity contribution in [1.82, 2.24) is 0 Å². The topological polar surface area (TPSA) is 64.4 Å². The Morgan fingerprint density at radius 1 is 1.40 bits per heavy atom. The number of rotatable bonds is 1. The summed E-state index contributed by atoms with van der Waals surface area (Å²) in [4.78, 5) is 3.73. The highest BCUT2D eigenvalue weighted by Gasteiger charge is 2.13. The van der Waals surface area contributed by atoms with Crippen molar-refractivity contribution in [3.05, 3.63) is 13.2 Å². The number of hydrogen-bond acceptors (Lipinski definition) is 2. The Labute approximate surface area is 62.8 Å². The van der Waals surface area contributed by atoms with E-state index in [0.717, 1.165) is 0 Å². The van der Waals surface area contributed by atoms with Crippen LogP contribution in [0.5, 0.6) is 0 Å². The van der Waals surface area contributed by atoms with Gasteiger partial charge in [-0.25, -0.2) is 0 Å². The largest absolute Gasteiger partial charge is 0.386 e. The lowest BCUT2D eigenvalue weighted by atomic mass is 10.1. The Morgan fingerprint density at radius 2 is 1.70 bits per heavy atom. The first-order valence-corrected chi connectivity index (χ1v) is 3.00. The molecule has 60 valence electrons. The van der Waals surface area contributed by atoms with Gasteiger partial charge in [0.1, 0.15) is 5.84 Å². The zero-order valence-corrected chi connectivity index (χ0v) is 7.02. The summed E-state index contributed by atoms with van der Waals surface area (Å²) in [5.74, 6) is 0.484. The van der Waals surface area contributed by atoms with Crippen molar-refractivity contribution in [1.29, 1.82) is 0 Å². The minimum atomic E-state index is -0.464. The maximum absolute atomic E-state index is 5.53. The third-order valence-corrected chi connectivity index (χ3v) is 0.901. The fourth-order valence-corrected chi connectivity index (χ4v) is 0.288. The number of nitrogens with two attached hydrogens (primary N) is 2. The lowest BCUT2D eigenvalue weighted by Gasteiger charge is -2.16. The van der Waals surface area contributed by atoms with Crippen LogP contribution < -0.4 is 11.5 Å². The smallest absolute Gasteiger partial charge is 0.113 e. The second kappa shape index (κ2) is 4.99. The van der Waals surface area contributed by atoms with Gasteiger partial charge in [0.25, 0.3) is 0 Å². The van der Waals surface area contributed by atoms with Gasteiger partial charge in [0.05, 0.1) is 5.54 Å². The minimum absolute atomic E-state index is 0.464. The quantitative estimate of drug-likeness (QED) is 0.319. The molecule has 0 heterocycles.